The van der Waals surface area contributed by atoms with Crippen LogP contribution in [0.15, 0.2) is 11.6 Å². The van der Waals surface area contributed by atoms with E-state index >= 15 is 0 Å². The van der Waals surface area contributed by atoms with E-state index in [1.165, 1.54) is 12.0 Å². The van der Waals surface area contributed by atoms with Gasteiger partial charge in [-0.05, 0) is 86.4 Å². The van der Waals surface area contributed by atoms with E-state index in [-0.39, 0.29) is 29.1 Å². The molecule has 4 aliphatic carbocycles. The van der Waals surface area contributed by atoms with Gasteiger partial charge < -0.3 is 15.3 Å². The van der Waals surface area contributed by atoms with Crippen molar-refractivity contribution in [3.05, 3.63) is 11.6 Å². The molecule has 4 aliphatic rings. The van der Waals surface area contributed by atoms with Gasteiger partial charge in [0.1, 0.15) is 0 Å². The van der Waals surface area contributed by atoms with E-state index in [1.54, 1.807) is 0 Å². The second-order valence-corrected chi connectivity index (χ2v) is 9.75. The van der Waals surface area contributed by atoms with E-state index in [0.717, 1.165) is 38.5 Å². The third-order valence-corrected chi connectivity index (χ3v) is 8.68. The minimum Gasteiger partial charge on any atom is -0.393 e. The number of hydrogen-bond donors (Lipinski definition) is 3. The van der Waals surface area contributed by atoms with Crippen molar-refractivity contribution in [2.24, 2.45) is 34.5 Å². The zero-order valence-corrected chi connectivity index (χ0v) is 15.4. The van der Waals surface area contributed by atoms with Crippen molar-refractivity contribution in [2.75, 3.05) is 0 Å². The van der Waals surface area contributed by atoms with E-state index in [2.05, 4.69) is 19.9 Å². The van der Waals surface area contributed by atoms with Gasteiger partial charge in [-0.1, -0.05) is 25.5 Å². The Kier molecular flexibility index (Phi) is 3.95. The normalized spacial score (nSPS) is 55.2. The lowest BCUT2D eigenvalue weighted by molar-refractivity contribution is -0.138. The van der Waals surface area contributed by atoms with Gasteiger partial charge in [-0.25, -0.2) is 0 Å². The van der Waals surface area contributed by atoms with Crippen molar-refractivity contribution in [3.63, 3.8) is 0 Å². The zero-order chi connectivity index (χ0) is 17.3. The summed E-state index contributed by atoms with van der Waals surface area (Å²) in [5.41, 5.74) is 1.54. The highest BCUT2D eigenvalue weighted by Gasteiger charge is 2.62. The number of allylic oxidation sites excluding steroid dienone is 1. The summed E-state index contributed by atoms with van der Waals surface area (Å²) < 4.78 is 0. The topological polar surface area (TPSA) is 60.7 Å². The molecular weight excluding hydrogens is 300 g/mol. The van der Waals surface area contributed by atoms with Gasteiger partial charge in [0, 0.05) is 0 Å². The molecule has 136 valence electrons. The van der Waals surface area contributed by atoms with Gasteiger partial charge in [0.05, 0.1) is 18.3 Å². The van der Waals surface area contributed by atoms with Crippen LogP contribution >= 0.6 is 0 Å². The average molecular weight is 335 g/mol. The molecule has 3 nitrogen and oxygen atoms in total. The van der Waals surface area contributed by atoms with Crippen molar-refractivity contribution in [2.45, 2.75) is 84.0 Å². The van der Waals surface area contributed by atoms with Crippen molar-refractivity contribution in [1.82, 2.24) is 0 Å². The van der Waals surface area contributed by atoms with Gasteiger partial charge >= 0.3 is 0 Å². The Bertz CT molecular complexity index is 541. The second kappa shape index (κ2) is 5.56. The van der Waals surface area contributed by atoms with Crippen LogP contribution in [0.1, 0.15) is 65.7 Å². The number of aliphatic hydroxyl groups excluding tert-OH is 3. The number of fused-ring (bicyclic) bond motifs is 5. The molecule has 0 aromatic carbocycles. The summed E-state index contributed by atoms with van der Waals surface area (Å²) in [4.78, 5) is 0. The number of hydrogen-bond acceptors (Lipinski definition) is 3. The monoisotopic (exact) mass is 334 g/mol. The average Bonchev–Trinajstić information content (AvgIpc) is 2.84. The molecule has 0 spiro atoms. The van der Waals surface area contributed by atoms with Gasteiger partial charge in [-0.3, -0.25) is 0 Å². The molecule has 3 unspecified atom stereocenters. The quantitative estimate of drug-likeness (QED) is 0.645. The minimum atomic E-state index is -0.290. The van der Waals surface area contributed by atoms with Gasteiger partial charge in [0.15, 0.2) is 0 Å². The van der Waals surface area contributed by atoms with E-state index < -0.39 is 0 Å². The van der Waals surface area contributed by atoms with Gasteiger partial charge in [-0.15, -0.1) is 0 Å². The molecule has 4 rings (SSSR count). The Morgan fingerprint density at radius 3 is 2.58 bits per heavy atom. The molecule has 3 N–H and O–H groups in total. The maximum absolute atomic E-state index is 11.2. The minimum absolute atomic E-state index is 0.0613. The zero-order valence-electron chi connectivity index (χ0n) is 15.4. The summed E-state index contributed by atoms with van der Waals surface area (Å²) in [5, 5.41) is 31.5. The van der Waals surface area contributed by atoms with Crippen LogP contribution in [0.25, 0.3) is 0 Å². The Balaban J connectivity index is 1.70. The van der Waals surface area contributed by atoms with Crippen LogP contribution < -0.4 is 0 Å². The third kappa shape index (κ3) is 2.20. The summed E-state index contributed by atoms with van der Waals surface area (Å²) in [5.74, 6) is 1.86. The smallest absolute Gasteiger partial charge is 0.0724 e. The Hall–Kier alpha value is -0.380. The Labute approximate surface area is 146 Å². The predicted molar refractivity (Wildman–Crippen MR) is 94.3 cm³/mol. The molecule has 9 atom stereocenters. The van der Waals surface area contributed by atoms with Gasteiger partial charge in [0.2, 0.25) is 0 Å². The molecule has 0 aromatic rings. The van der Waals surface area contributed by atoms with Crippen LogP contribution in [-0.4, -0.2) is 33.6 Å². The molecule has 0 bridgehead atoms. The largest absolute Gasteiger partial charge is 0.393 e. The van der Waals surface area contributed by atoms with E-state index in [4.69, 9.17) is 0 Å². The van der Waals surface area contributed by atoms with Crippen molar-refractivity contribution in [1.29, 1.82) is 0 Å². The second-order valence-electron chi connectivity index (χ2n) is 9.75. The van der Waals surface area contributed by atoms with Crippen LogP contribution in [-0.2, 0) is 0 Å². The van der Waals surface area contributed by atoms with Crippen molar-refractivity contribution in [3.8, 4) is 0 Å². The molecule has 24 heavy (non-hydrogen) atoms. The summed E-state index contributed by atoms with van der Waals surface area (Å²) in [6.07, 6.45) is 8.44. The van der Waals surface area contributed by atoms with Crippen LogP contribution in [0.5, 0.6) is 0 Å². The third-order valence-electron chi connectivity index (χ3n) is 8.68. The maximum atomic E-state index is 11.2. The summed E-state index contributed by atoms with van der Waals surface area (Å²) in [7, 11) is 0. The lowest BCUT2D eigenvalue weighted by Crippen LogP contribution is -2.57. The molecule has 0 heterocycles. The molecule has 0 amide bonds. The molecule has 0 aliphatic heterocycles. The fraction of sp³-hybridized carbons (Fsp3) is 0.905. The molecular formula is C21H34O3. The fourth-order valence-corrected chi connectivity index (χ4v) is 7.67. The van der Waals surface area contributed by atoms with E-state index in [9.17, 15) is 15.3 Å². The van der Waals surface area contributed by atoms with Crippen LogP contribution in [0.2, 0.25) is 0 Å². The van der Waals surface area contributed by atoms with E-state index in [1.807, 2.05) is 6.92 Å². The predicted octanol–water partition coefficient (Wildman–Crippen LogP) is 3.28. The Morgan fingerprint density at radius 1 is 1.12 bits per heavy atom. The number of aliphatic hydroxyl groups is 3. The van der Waals surface area contributed by atoms with Gasteiger partial charge in [-0.2, -0.15) is 0 Å². The first-order valence-corrected chi connectivity index (χ1v) is 10.0. The van der Waals surface area contributed by atoms with Crippen LogP contribution in [0.3, 0.4) is 0 Å². The lowest BCUT2D eigenvalue weighted by atomic mass is 9.45. The molecule has 3 heteroatoms. The maximum Gasteiger partial charge on any atom is 0.0724 e. The highest BCUT2D eigenvalue weighted by molar-refractivity contribution is 5.26. The van der Waals surface area contributed by atoms with Gasteiger partial charge in [0.25, 0.3) is 0 Å². The Morgan fingerprint density at radius 2 is 1.88 bits per heavy atom. The SMILES string of the molecule is C[C@@H](O)[C@H]1CCC2C3CCC4=C[C@@H](O)CC[C@]4(C)C3[C@@H](O)C[C@@]21C. The van der Waals surface area contributed by atoms with Crippen molar-refractivity contribution < 1.29 is 15.3 Å². The fourth-order valence-electron chi connectivity index (χ4n) is 7.67. The summed E-state index contributed by atoms with van der Waals surface area (Å²) in [6.45, 7) is 6.61. The molecule has 0 radical (unpaired) electrons. The van der Waals surface area contributed by atoms with Crippen LogP contribution in [0.4, 0.5) is 0 Å². The molecule has 0 aromatic heterocycles. The molecule has 0 saturated heterocycles. The highest BCUT2D eigenvalue weighted by Crippen LogP contribution is 2.67. The molecule has 3 saturated carbocycles. The van der Waals surface area contributed by atoms with Crippen molar-refractivity contribution >= 4 is 0 Å². The highest BCUT2D eigenvalue weighted by atomic mass is 16.3. The first-order valence-electron chi connectivity index (χ1n) is 10.0. The summed E-state index contributed by atoms with van der Waals surface area (Å²) >= 11 is 0. The first kappa shape index (κ1) is 17.1. The first-order chi connectivity index (χ1) is 11.3. The summed E-state index contributed by atoms with van der Waals surface area (Å²) in [6, 6.07) is 0. The van der Waals surface area contributed by atoms with E-state index in [0.29, 0.717) is 23.7 Å². The van der Waals surface area contributed by atoms with Crippen LogP contribution in [0, 0.1) is 34.5 Å². The lowest BCUT2D eigenvalue weighted by Gasteiger charge is -2.60. The molecule has 3 fully saturated rings. The number of rotatable bonds is 1. The standard InChI is InChI=1S/C21H34O3/c1-12(22)16-6-7-17-15-5-4-13-10-14(23)8-9-20(13,2)19(15)18(24)11-21(16,17)3/h10,12,14-19,22-24H,4-9,11H2,1-3H3/t12-,14+,15?,16-,17?,18+,19?,20+,21-/m1/s1.